The zero-order valence-electron chi connectivity index (χ0n) is 11.9. The van der Waals surface area contributed by atoms with Gasteiger partial charge in [0, 0.05) is 12.1 Å². The lowest BCUT2D eigenvalue weighted by Gasteiger charge is -2.20. The monoisotopic (exact) mass is 274 g/mol. The van der Waals surface area contributed by atoms with E-state index in [1.54, 1.807) is 13.2 Å². The van der Waals surface area contributed by atoms with Crippen molar-refractivity contribution in [2.24, 2.45) is 0 Å². The fraction of sp³-hybridized carbons (Fsp3) is 0.312. The molecular weight excluding hydrogens is 255 g/mol. The highest BCUT2D eigenvalue weighted by molar-refractivity contribution is 5.30. The molecule has 1 heterocycles. The van der Waals surface area contributed by atoms with Gasteiger partial charge in [0.25, 0.3) is 0 Å². The van der Waals surface area contributed by atoms with Crippen molar-refractivity contribution in [3.63, 3.8) is 0 Å². The first kappa shape index (κ1) is 14.5. The summed E-state index contributed by atoms with van der Waals surface area (Å²) < 4.78 is 18.1. The Bertz CT molecular complexity index is 557. The molecule has 0 aliphatic heterocycles. The predicted molar refractivity (Wildman–Crippen MR) is 77.2 cm³/mol. The molecule has 1 unspecified atom stereocenters. The van der Waals surface area contributed by atoms with Crippen LogP contribution in [0.3, 0.4) is 0 Å². The van der Waals surface area contributed by atoms with Crippen molar-refractivity contribution < 1.29 is 9.13 Å². The van der Waals surface area contributed by atoms with E-state index in [9.17, 15) is 4.39 Å². The van der Waals surface area contributed by atoms with Gasteiger partial charge in [-0.05, 0) is 43.7 Å². The highest BCUT2D eigenvalue weighted by atomic mass is 19.1. The van der Waals surface area contributed by atoms with E-state index in [2.05, 4.69) is 17.2 Å². The number of ether oxygens (including phenoxy) is 1. The Labute approximate surface area is 118 Å². The summed E-state index contributed by atoms with van der Waals surface area (Å²) in [6.45, 7) is 4.09. The Balaban J connectivity index is 2.06. The second kappa shape index (κ2) is 6.48. The van der Waals surface area contributed by atoms with Gasteiger partial charge >= 0.3 is 0 Å². The fourth-order valence-electron chi connectivity index (χ4n) is 2.11. The molecule has 2 rings (SSSR count). The summed E-state index contributed by atoms with van der Waals surface area (Å²) in [4.78, 5) is 4.10. The molecule has 0 aliphatic rings. The minimum Gasteiger partial charge on any atom is -0.497 e. The van der Waals surface area contributed by atoms with Crippen molar-refractivity contribution >= 4 is 0 Å². The second-order valence-electron chi connectivity index (χ2n) is 4.79. The standard InChI is InChI=1S/C16H19FN2O/c1-11(13-5-4-6-15(9-13)20-3)19-12(2)16-8-7-14(17)10-18-16/h4-12,19H,1-3H3/t11-,12?/m1/s1. The summed E-state index contributed by atoms with van der Waals surface area (Å²) in [6.07, 6.45) is 1.24. The van der Waals surface area contributed by atoms with E-state index < -0.39 is 0 Å². The Morgan fingerprint density at radius 3 is 2.60 bits per heavy atom. The number of methoxy groups -OCH3 is 1. The van der Waals surface area contributed by atoms with Crippen LogP contribution in [0, 0.1) is 5.82 Å². The van der Waals surface area contributed by atoms with Crippen molar-refractivity contribution in [2.45, 2.75) is 25.9 Å². The average molecular weight is 274 g/mol. The first-order valence-electron chi connectivity index (χ1n) is 6.61. The van der Waals surface area contributed by atoms with Gasteiger partial charge in [-0.15, -0.1) is 0 Å². The molecular formula is C16H19FN2O. The van der Waals surface area contributed by atoms with Gasteiger partial charge in [-0.2, -0.15) is 0 Å². The number of benzene rings is 1. The van der Waals surface area contributed by atoms with E-state index in [1.165, 1.54) is 12.3 Å². The van der Waals surface area contributed by atoms with E-state index in [0.717, 1.165) is 17.0 Å². The maximum atomic E-state index is 12.9. The van der Waals surface area contributed by atoms with Crippen LogP contribution in [0.2, 0.25) is 0 Å². The molecule has 0 aliphatic carbocycles. The van der Waals surface area contributed by atoms with Crippen LogP contribution in [-0.4, -0.2) is 12.1 Å². The van der Waals surface area contributed by atoms with Crippen LogP contribution < -0.4 is 10.1 Å². The van der Waals surface area contributed by atoms with Crippen LogP contribution in [0.5, 0.6) is 5.75 Å². The van der Waals surface area contributed by atoms with Gasteiger partial charge in [0.15, 0.2) is 0 Å². The number of nitrogens with one attached hydrogen (secondary N) is 1. The smallest absolute Gasteiger partial charge is 0.141 e. The third-order valence-electron chi connectivity index (χ3n) is 3.29. The van der Waals surface area contributed by atoms with Crippen LogP contribution in [-0.2, 0) is 0 Å². The number of pyridine rings is 1. The van der Waals surface area contributed by atoms with Crippen LogP contribution >= 0.6 is 0 Å². The largest absolute Gasteiger partial charge is 0.497 e. The van der Waals surface area contributed by atoms with E-state index in [0.29, 0.717) is 0 Å². The number of nitrogens with zero attached hydrogens (tertiary/aromatic N) is 1. The van der Waals surface area contributed by atoms with E-state index >= 15 is 0 Å². The third kappa shape index (κ3) is 3.54. The summed E-state index contributed by atoms with van der Waals surface area (Å²) in [7, 11) is 1.66. The maximum Gasteiger partial charge on any atom is 0.141 e. The normalized spacial score (nSPS) is 13.8. The SMILES string of the molecule is COc1cccc([C@@H](C)NC(C)c2ccc(F)cn2)c1. The van der Waals surface area contributed by atoms with Crippen LogP contribution in [0.4, 0.5) is 4.39 Å². The van der Waals surface area contributed by atoms with Gasteiger partial charge in [0.05, 0.1) is 19.0 Å². The molecule has 0 saturated carbocycles. The first-order valence-corrected chi connectivity index (χ1v) is 6.61. The molecule has 0 spiro atoms. The van der Waals surface area contributed by atoms with Crippen LogP contribution in [0.1, 0.15) is 37.2 Å². The van der Waals surface area contributed by atoms with Gasteiger partial charge in [0.2, 0.25) is 0 Å². The number of aromatic nitrogens is 1. The lowest BCUT2D eigenvalue weighted by Crippen LogP contribution is -2.23. The average Bonchev–Trinajstić information content (AvgIpc) is 2.47. The second-order valence-corrected chi connectivity index (χ2v) is 4.79. The molecule has 2 atom stereocenters. The molecule has 0 saturated heterocycles. The minimum absolute atomic E-state index is 0.0387. The van der Waals surface area contributed by atoms with Crippen molar-refractivity contribution in [3.05, 3.63) is 59.7 Å². The summed E-state index contributed by atoms with van der Waals surface area (Å²) in [5.41, 5.74) is 1.96. The van der Waals surface area contributed by atoms with E-state index in [4.69, 9.17) is 4.74 Å². The first-order chi connectivity index (χ1) is 9.60. The summed E-state index contributed by atoms with van der Waals surface area (Å²) >= 11 is 0. The molecule has 0 amide bonds. The van der Waals surface area contributed by atoms with Crippen molar-refractivity contribution in [1.29, 1.82) is 0 Å². The Morgan fingerprint density at radius 2 is 1.95 bits per heavy atom. The molecule has 1 aromatic heterocycles. The molecule has 106 valence electrons. The number of rotatable bonds is 5. The summed E-state index contributed by atoms with van der Waals surface area (Å²) in [5, 5.41) is 3.44. The minimum atomic E-state index is -0.318. The topological polar surface area (TPSA) is 34.1 Å². The zero-order valence-corrected chi connectivity index (χ0v) is 11.9. The lowest BCUT2D eigenvalue weighted by atomic mass is 10.1. The van der Waals surface area contributed by atoms with Gasteiger partial charge < -0.3 is 10.1 Å². The van der Waals surface area contributed by atoms with E-state index in [1.807, 2.05) is 31.2 Å². The van der Waals surface area contributed by atoms with Crippen LogP contribution in [0.15, 0.2) is 42.6 Å². The van der Waals surface area contributed by atoms with Gasteiger partial charge in [-0.3, -0.25) is 4.98 Å². The number of hydrogen-bond donors (Lipinski definition) is 1. The summed E-state index contributed by atoms with van der Waals surface area (Å²) in [6, 6.07) is 11.2. The number of halogens is 1. The zero-order chi connectivity index (χ0) is 14.5. The Kier molecular flexibility index (Phi) is 4.69. The third-order valence-corrected chi connectivity index (χ3v) is 3.29. The molecule has 3 nitrogen and oxygen atoms in total. The number of hydrogen-bond acceptors (Lipinski definition) is 3. The Morgan fingerprint density at radius 1 is 1.15 bits per heavy atom. The van der Waals surface area contributed by atoms with E-state index in [-0.39, 0.29) is 17.9 Å². The van der Waals surface area contributed by atoms with Gasteiger partial charge in [-0.25, -0.2) is 4.39 Å². The quantitative estimate of drug-likeness (QED) is 0.903. The molecule has 20 heavy (non-hydrogen) atoms. The fourth-order valence-corrected chi connectivity index (χ4v) is 2.11. The molecule has 0 fully saturated rings. The Hall–Kier alpha value is -1.94. The van der Waals surface area contributed by atoms with Crippen LogP contribution in [0.25, 0.3) is 0 Å². The molecule has 0 bridgehead atoms. The molecule has 1 N–H and O–H groups in total. The summed E-state index contributed by atoms with van der Waals surface area (Å²) in [5.74, 6) is 0.519. The molecule has 1 aromatic carbocycles. The van der Waals surface area contributed by atoms with Crippen molar-refractivity contribution in [3.8, 4) is 5.75 Å². The maximum absolute atomic E-state index is 12.9. The molecule has 2 aromatic rings. The lowest BCUT2D eigenvalue weighted by molar-refractivity contribution is 0.412. The van der Waals surface area contributed by atoms with Gasteiger partial charge in [-0.1, -0.05) is 12.1 Å². The molecule has 0 radical (unpaired) electrons. The highest BCUT2D eigenvalue weighted by Crippen LogP contribution is 2.21. The van der Waals surface area contributed by atoms with Crippen molar-refractivity contribution in [1.82, 2.24) is 10.3 Å². The highest BCUT2D eigenvalue weighted by Gasteiger charge is 2.12. The molecule has 4 heteroatoms. The van der Waals surface area contributed by atoms with Gasteiger partial charge in [0.1, 0.15) is 11.6 Å². The predicted octanol–water partition coefficient (Wildman–Crippen LogP) is 3.64. The van der Waals surface area contributed by atoms with Crippen molar-refractivity contribution in [2.75, 3.05) is 7.11 Å².